The van der Waals surface area contributed by atoms with E-state index in [2.05, 4.69) is 25.3 Å². The number of nitrogens with one attached hydrogen (secondary N) is 1. The number of amides is 1. The van der Waals surface area contributed by atoms with E-state index in [-0.39, 0.29) is 18.1 Å². The SMILES string of the molecule is Cc1cc(N2CCCCC2)nc(CNC(=O)c2cc(-c3ccco3)on2)n1. The second kappa shape index (κ2) is 7.61. The van der Waals surface area contributed by atoms with Crippen molar-refractivity contribution in [3.8, 4) is 11.5 Å². The Bertz CT molecular complexity index is 913. The molecule has 0 atom stereocenters. The van der Waals surface area contributed by atoms with Crippen molar-refractivity contribution in [2.45, 2.75) is 32.7 Å². The van der Waals surface area contributed by atoms with Gasteiger partial charge in [-0.2, -0.15) is 0 Å². The van der Waals surface area contributed by atoms with Crippen LogP contribution in [0, 0.1) is 6.92 Å². The van der Waals surface area contributed by atoms with E-state index < -0.39 is 0 Å². The van der Waals surface area contributed by atoms with Crippen molar-refractivity contribution in [3.05, 3.63) is 47.7 Å². The van der Waals surface area contributed by atoms with Crippen LogP contribution < -0.4 is 10.2 Å². The lowest BCUT2D eigenvalue weighted by Gasteiger charge is -2.28. The Morgan fingerprint density at radius 1 is 1.19 bits per heavy atom. The largest absolute Gasteiger partial charge is 0.461 e. The molecule has 4 rings (SSSR count). The summed E-state index contributed by atoms with van der Waals surface area (Å²) in [5.41, 5.74) is 1.07. The fourth-order valence-corrected chi connectivity index (χ4v) is 3.14. The molecule has 3 aromatic rings. The Kier molecular flexibility index (Phi) is 4.86. The molecule has 1 saturated heterocycles. The van der Waals surface area contributed by atoms with E-state index in [1.165, 1.54) is 25.5 Å². The molecule has 0 aromatic carbocycles. The molecule has 0 bridgehead atoms. The number of furan rings is 1. The van der Waals surface area contributed by atoms with Gasteiger partial charge in [0.05, 0.1) is 12.8 Å². The molecule has 0 spiro atoms. The van der Waals surface area contributed by atoms with Gasteiger partial charge >= 0.3 is 0 Å². The first-order valence-corrected chi connectivity index (χ1v) is 9.07. The first-order chi connectivity index (χ1) is 13.2. The van der Waals surface area contributed by atoms with Crippen molar-refractivity contribution in [2.75, 3.05) is 18.0 Å². The van der Waals surface area contributed by atoms with Gasteiger partial charge in [0, 0.05) is 30.9 Å². The van der Waals surface area contributed by atoms with E-state index >= 15 is 0 Å². The lowest BCUT2D eigenvalue weighted by atomic mass is 10.1. The summed E-state index contributed by atoms with van der Waals surface area (Å²) in [4.78, 5) is 23.7. The molecule has 0 radical (unpaired) electrons. The highest BCUT2D eigenvalue weighted by molar-refractivity contribution is 5.92. The predicted molar refractivity (Wildman–Crippen MR) is 98.2 cm³/mol. The summed E-state index contributed by atoms with van der Waals surface area (Å²) < 4.78 is 10.4. The van der Waals surface area contributed by atoms with Crippen molar-refractivity contribution in [3.63, 3.8) is 0 Å². The van der Waals surface area contributed by atoms with Gasteiger partial charge in [-0.3, -0.25) is 4.79 Å². The lowest BCUT2D eigenvalue weighted by molar-refractivity contribution is 0.0941. The number of piperidine rings is 1. The van der Waals surface area contributed by atoms with Gasteiger partial charge in [0.1, 0.15) is 11.6 Å². The van der Waals surface area contributed by atoms with Crippen LogP contribution in [-0.4, -0.2) is 34.1 Å². The topological polar surface area (TPSA) is 97.3 Å². The molecule has 4 heterocycles. The Balaban J connectivity index is 1.42. The molecule has 8 nitrogen and oxygen atoms in total. The Morgan fingerprint density at radius 3 is 2.81 bits per heavy atom. The van der Waals surface area contributed by atoms with Crippen LogP contribution in [0.25, 0.3) is 11.5 Å². The van der Waals surface area contributed by atoms with Gasteiger partial charge in [0.15, 0.2) is 11.5 Å². The van der Waals surface area contributed by atoms with Crippen molar-refractivity contribution < 1.29 is 13.7 Å². The minimum atomic E-state index is -0.346. The van der Waals surface area contributed by atoms with Gasteiger partial charge in [0.25, 0.3) is 5.91 Å². The average molecular weight is 367 g/mol. The number of nitrogens with zero attached hydrogens (tertiary/aromatic N) is 4. The summed E-state index contributed by atoms with van der Waals surface area (Å²) >= 11 is 0. The monoisotopic (exact) mass is 367 g/mol. The van der Waals surface area contributed by atoms with Crippen LogP contribution in [0.5, 0.6) is 0 Å². The molecule has 27 heavy (non-hydrogen) atoms. The molecule has 1 N–H and O–H groups in total. The number of aryl methyl sites for hydroxylation is 1. The second-order valence-corrected chi connectivity index (χ2v) is 6.57. The number of carbonyl (C=O) groups excluding carboxylic acids is 1. The van der Waals surface area contributed by atoms with E-state index in [4.69, 9.17) is 8.94 Å². The molecule has 1 fully saturated rings. The molecule has 0 aliphatic carbocycles. The first-order valence-electron chi connectivity index (χ1n) is 9.07. The molecule has 3 aromatic heterocycles. The Morgan fingerprint density at radius 2 is 2.04 bits per heavy atom. The van der Waals surface area contributed by atoms with Crippen LogP contribution in [0.3, 0.4) is 0 Å². The number of carbonyl (C=O) groups is 1. The van der Waals surface area contributed by atoms with E-state index in [9.17, 15) is 4.79 Å². The molecular weight excluding hydrogens is 346 g/mol. The van der Waals surface area contributed by atoms with E-state index in [1.54, 1.807) is 18.2 Å². The highest BCUT2D eigenvalue weighted by Crippen LogP contribution is 2.21. The third kappa shape index (κ3) is 3.99. The average Bonchev–Trinajstić information content (AvgIpc) is 3.38. The quantitative estimate of drug-likeness (QED) is 0.740. The zero-order chi connectivity index (χ0) is 18.6. The number of rotatable bonds is 5. The second-order valence-electron chi connectivity index (χ2n) is 6.57. The molecule has 0 unspecified atom stereocenters. The Hall–Kier alpha value is -3.16. The van der Waals surface area contributed by atoms with Crippen molar-refractivity contribution in [1.29, 1.82) is 0 Å². The number of anilines is 1. The predicted octanol–water partition coefficient (Wildman–Crippen LogP) is 2.95. The highest BCUT2D eigenvalue weighted by atomic mass is 16.5. The van der Waals surface area contributed by atoms with Crippen LogP contribution in [0.15, 0.2) is 39.5 Å². The standard InChI is InChI=1S/C19H21N5O3/c1-13-10-18(24-7-3-2-4-8-24)22-17(21-13)12-20-19(25)14-11-16(27-23-14)15-6-5-9-26-15/h5-6,9-11H,2-4,7-8,12H2,1H3,(H,20,25). The summed E-state index contributed by atoms with van der Waals surface area (Å²) in [5, 5.41) is 6.59. The fraction of sp³-hybridized carbons (Fsp3) is 0.368. The van der Waals surface area contributed by atoms with Gasteiger partial charge in [-0.25, -0.2) is 9.97 Å². The first kappa shape index (κ1) is 17.3. The van der Waals surface area contributed by atoms with Crippen LogP contribution in [0.4, 0.5) is 5.82 Å². The third-order valence-corrected chi connectivity index (χ3v) is 4.48. The molecule has 140 valence electrons. The van der Waals surface area contributed by atoms with E-state index in [1.807, 2.05) is 13.0 Å². The highest BCUT2D eigenvalue weighted by Gasteiger charge is 2.17. The molecule has 0 saturated carbocycles. The Labute approximate surface area is 156 Å². The summed E-state index contributed by atoms with van der Waals surface area (Å²) in [7, 11) is 0. The zero-order valence-corrected chi connectivity index (χ0v) is 15.1. The smallest absolute Gasteiger partial charge is 0.273 e. The summed E-state index contributed by atoms with van der Waals surface area (Å²) in [6.45, 7) is 4.19. The fourth-order valence-electron chi connectivity index (χ4n) is 3.14. The third-order valence-electron chi connectivity index (χ3n) is 4.48. The van der Waals surface area contributed by atoms with Crippen molar-refractivity contribution in [2.24, 2.45) is 0 Å². The summed E-state index contributed by atoms with van der Waals surface area (Å²) in [6, 6.07) is 7.02. The maximum Gasteiger partial charge on any atom is 0.273 e. The maximum atomic E-state index is 12.3. The lowest BCUT2D eigenvalue weighted by Crippen LogP contribution is -2.31. The van der Waals surface area contributed by atoms with Crippen LogP contribution >= 0.6 is 0 Å². The van der Waals surface area contributed by atoms with Gasteiger partial charge in [0.2, 0.25) is 5.76 Å². The van der Waals surface area contributed by atoms with Gasteiger partial charge in [-0.15, -0.1) is 0 Å². The van der Waals surface area contributed by atoms with E-state index in [0.717, 1.165) is 24.6 Å². The molecular formula is C19H21N5O3. The van der Waals surface area contributed by atoms with Gasteiger partial charge in [-0.1, -0.05) is 5.16 Å². The maximum absolute atomic E-state index is 12.3. The number of aromatic nitrogens is 3. The van der Waals surface area contributed by atoms with Crippen molar-refractivity contribution >= 4 is 11.7 Å². The zero-order valence-electron chi connectivity index (χ0n) is 15.1. The summed E-state index contributed by atoms with van der Waals surface area (Å²) in [5.74, 6) is 2.09. The molecule has 8 heteroatoms. The van der Waals surface area contributed by atoms with Crippen LogP contribution in [-0.2, 0) is 6.54 Å². The van der Waals surface area contributed by atoms with Crippen LogP contribution in [0.2, 0.25) is 0 Å². The van der Waals surface area contributed by atoms with E-state index in [0.29, 0.717) is 17.3 Å². The molecule has 1 aliphatic heterocycles. The van der Waals surface area contributed by atoms with Gasteiger partial charge in [-0.05, 0) is 38.3 Å². The van der Waals surface area contributed by atoms with Gasteiger partial charge < -0.3 is 19.2 Å². The normalized spacial score (nSPS) is 14.3. The minimum absolute atomic E-state index is 0.185. The number of hydrogen-bond acceptors (Lipinski definition) is 7. The van der Waals surface area contributed by atoms with Crippen molar-refractivity contribution in [1.82, 2.24) is 20.4 Å². The molecule has 1 amide bonds. The number of hydrogen-bond donors (Lipinski definition) is 1. The summed E-state index contributed by atoms with van der Waals surface area (Å²) in [6.07, 6.45) is 5.16. The minimum Gasteiger partial charge on any atom is -0.461 e. The molecule has 1 aliphatic rings. The van der Waals surface area contributed by atoms with Crippen LogP contribution in [0.1, 0.15) is 41.3 Å².